The van der Waals surface area contributed by atoms with Gasteiger partial charge in [-0.15, -0.1) is 0 Å². The fourth-order valence-corrected chi connectivity index (χ4v) is 1.97. The Bertz CT molecular complexity index is 530. The highest BCUT2D eigenvalue weighted by molar-refractivity contribution is 6.30. The van der Waals surface area contributed by atoms with Crippen LogP contribution in [0.15, 0.2) is 24.3 Å². The second kappa shape index (κ2) is 6.49. The van der Waals surface area contributed by atoms with Crippen molar-refractivity contribution in [3.63, 3.8) is 0 Å². The smallest absolute Gasteiger partial charge is 0.243 e. The second-order valence-electron chi connectivity index (χ2n) is 4.44. The van der Waals surface area contributed by atoms with Crippen LogP contribution in [0.5, 0.6) is 0 Å². The summed E-state index contributed by atoms with van der Waals surface area (Å²) < 4.78 is 0. The third kappa shape index (κ3) is 4.04. The van der Waals surface area contributed by atoms with Gasteiger partial charge in [-0.3, -0.25) is 25.0 Å². The number of rotatable bonds is 4. The number of hydrogen-bond acceptors (Lipinski definition) is 4. The van der Waals surface area contributed by atoms with Crippen molar-refractivity contribution >= 4 is 35.0 Å². The number of imide groups is 1. The average Bonchev–Trinajstić information content (AvgIpc) is 2.40. The van der Waals surface area contributed by atoms with Crippen LogP contribution in [0.2, 0.25) is 5.02 Å². The summed E-state index contributed by atoms with van der Waals surface area (Å²) in [6.07, 6.45) is 0.682. The molecule has 1 aromatic carbocycles. The zero-order valence-electron chi connectivity index (χ0n) is 10.6. The van der Waals surface area contributed by atoms with Crippen LogP contribution in [-0.2, 0) is 14.4 Å². The van der Waals surface area contributed by atoms with E-state index in [9.17, 15) is 14.4 Å². The number of amides is 3. The second-order valence-corrected chi connectivity index (χ2v) is 4.88. The van der Waals surface area contributed by atoms with E-state index in [4.69, 9.17) is 11.6 Å². The molecule has 1 fully saturated rings. The summed E-state index contributed by atoms with van der Waals surface area (Å²) in [7, 11) is 0. The molecule has 0 radical (unpaired) electrons. The molecule has 1 aliphatic rings. The van der Waals surface area contributed by atoms with Crippen molar-refractivity contribution in [2.24, 2.45) is 0 Å². The quantitative estimate of drug-likeness (QED) is 0.713. The monoisotopic (exact) mass is 295 g/mol. The molecule has 2 rings (SSSR count). The Kier molecular flexibility index (Phi) is 4.70. The van der Waals surface area contributed by atoms with Crippen molar-refractivity contribution in [2.75, 3.05) is 11.9 Å². The summed E-state index contributed by atoms with van der Waals surface area (Å²) >= 11 is 5.74. The number of hydrogen-bond donors (Lipinski definition) is 3. The van der Waals surface area contributed by atoms with Crippen LogP contribution in [0.1, 0.15) is 12.8 Å². The Labute approximate surface area is 120 Å². The molecule has 106 valence electrons. The molecule has 0 aromatic heterocycles. The number of anilines is 1. The molecule has 0 spiro atoms. The fraction of sp³-hybridized carbons (Fsp3) is 0.308. The Hall–Kier alpha value is -1.92. The van der Waals surface area contributed by atoms with Crippen molar-refractivity contribution in [2.45, 2.75) is 18.9 Å². The van der Waals surface area contributed by atoms with E-state index in [1.165, 1.54) is 0 Å². The molecule has 0 bridgehead atoms. The van der Waals surface area contributed by atoms with Gasteiger partial charge in [0.25, 0.3) is 0 Å². The van der Waals surface area contributed by atoms with E-state index in [1.54, 1.807) is 24.3 Å². The van der Waals surface area contributed by atoms with Gasteiger partial charge in [-0.05, 0) is 30.7 Å². The first kappa shape index (κ1) is 14.5. The molecule has 1 heterocycles. The predicted molar refractivity (Wildman–Crippen MR) is 74.3 cm³/mol. The molecule has 1 saturated heterocycles. The van der Waals surface area contributed by atoms with Crippen molar-refractivity contribution in [1.29, 1.82) is 0 Å². The van der Waals surface area contributed by atoms with E-state index in [0.717, 1.165) is 0 Å². The van der Waals surface area contributed by atoms with Crippen LogP contribution < -0.4 is 16.0 Å². The Balaban J connectivity index is 1.79. The molecule has 0 saturated carbocycles. The third-order valence-electron chi connectivity index (χ3n) is 2.88. The molecular weight excluding hydrogens is 282 g/mol. The first-order valence-corrected chi connectivity index (χ1v) is 6.55. The third-order valence-corrected chi connectivity index (χ3v) is 3.13. The maximum absolute atomic E-state index is 11.7. The van der Waals surface area contributed by atoms with Crippen molar-refractivity contribution < 1.29 is 14.4 Å². The molecule has 1 aromatic rings. The van der Waals surface area contributed by atoms with Gasteiger partial charge >= 0.3 is 0 Å². The SMILES string of the molecule is O=C1CCC(NCC(=O)Nc2ccc(Cl)cc2)C(=O)N1. The lowest BCUT2D eigenvalue weighted by atomic mass is 10.1. The van der Waals surface area contributed by atoms with Gasteiger partial charge in [0.1, 0.15) is 0 Å². The lowest BCUT2D eigenvalue weighted by molar-refractivity contribution is -0.134. The van der Waals surface area contributed by atoms with Gasteiger partial charge in [-0.2, -0.15) is 0 Å². The minimum absolute atomic E-state index is 0.00506. The van der Waals surface area contributed by atoms with E-state index in [1.807, 2.05) is 0 Å². The molecule has 1 unspecified atom stereocenters. The zero-order chi connectivity index (χ0) is 14.5. The molecule has 3 N–H and O–H groups in total. The highest BCUT2D eigenvalue weighted by atomic mass is 35.5. The molecule has 0 aliphatic carbocycles. The van der Waals surface area contributed by atoms with Crippen molar-refractivity contribution in [1.82, 2.24) is 10.6 Å². The summed E-state index contributed by atoms with van der Waals surface area (Å²) in [4.78, 5) is 34.2. The van der Waals surface area contributed by atoms with Gasteiger partial charge in [0.2, 0.25) is 17.7 Å². The Morgan fingerprint density at radius 2 is 2.00 bits per heavy atom. The maximum atomic E-state index is 11.7. The van der Waals surface area contributed by atoms with Crippen LogP contribution in [0.3, 0.4) is 0 Å². The maximum Gasteiger partial charge on any atom is 0.243 e. The summed E-state index contributed by atoms with van der Waals surface area (Å²) in [5, 5.41) is 8.30. The van der Waals surface area contributed by atoms with Gasteiger partial charge < -0.3 is 5.32 Å². The summed E-state index contributed by atoms with van der Waals surface area (Å²) in [5.41, 5.74) is 0.629. The van der Waals surface area contributed by atoms with Crippen LogP contribution in [0.4, 0.5) is 5.69 Å². The fourth-order valence-electron chi connectivity index (χ4n) is 1.84. The van der Waals surface area contributed by atoms with Gasteiger partial charge in [-0.1, -0.05) is 11.6 Å². The number of halogens is 1. The summed E-state index contributed by atoms with van der Waals surface area (Å²) in [6, 6.07) is 6.21. The lowest BCUT2D eigenvalue weighted by Crippen LogP contribution is -2.52. The topological polar surface area (TPSA) is 87.3 Å². The number of benzene rings is 1. The van der Waals surface area contributed by atoms with Crippen LogP contribution in [-0.4, -0.2) is 30.3 Å². The van der Waals surface area contributed by atoms with E-state index in [0.29, 0.717) is 17.1 Å². The highest BCUT2D eigenvalue weighted by Crippen LogP contribution is 2.13. The normalized spacial score (nSPS) is 18.6. The molecule has 1 aliphatic heterocycles. The van der Waals surface area contributed by atoms with E-state index in [2.05, 4.69) is 16.0 Å². The lowest BCUT2D eigenvalue weighted by Gasteiger charge is -2.21. The minimum Gasteiger partial charge on any atom is -0.325 e. The molecule has 20 heavy (non-hydrogen) atoms. The van der Waals surface area contributed by atoms with Gasteiger partial charge in [0.05, 0.1) is 12.6 Å². The first-order chi connectivity index (χ1) is 9.54. The van der Waals surface area contributed by atoms with E-state index in [-0.39, 0.29) is 30.7 Å². The van der Waals surface area contributed by atoms with E-state index < -0.39 is 6.04 Å². The van der Waals surface area contributed by atoms with Crippen LogP contribution >= 0.6 is 11.6 Å². The highest BCUT2D eigenvalue weighted by Gasteiger charge is 2.26. The number of carbonyl (C=O) groups excluding carboxylic acids is 3. The van der Waals surface area contributed by atoms with Gasteiger partial charge in [0.15, 0.2) is 0 Å². The Morgan fingerprint density at radius 3 is 2.65 bits per heavy atom. The predicted octanol–water partition coefficient (Wildman–Crippen LogP) is 0.673. The molecule has 1 atom stereocenters. The summed E-state index contributed by atoms with van der Waals surface area (Å²) in [5.74, 6) is -0.934. The molecule has 7 heteroatoms. The number of carbonyl (C=O) groups is 3. The standard InChI is InChI=1S/C13H14ClN3O3/c14-8-1-3-9(4-2-8)16-12(19)7-15-10-5-6-11(18)17-13(10)20/h1-4,10,15H,5-7H2,(H,16,19)(H,17,18,20). The average molecular weight is 296 g/mol. The van der Waals surface area contributed by atoms with Crippen molar-refractivity contribution in [3.8, 4) is 0 Å². The molecule has 3 amide bonds. The van der Waals surface area contributed by atoms with Crippen LogP contribution in [0, 0.1) is 0 Å². The number of nitrogens with one attached hydrogen (secondary N) is 3. The minimum atomic E-state index is -0.510. The van der Waals surface area contributed by atoms with Gasteiger partial charge in [-0.25, -0.2) is 0 Å². The largest absolute Gasteiger partial charge is 0.325 e. The Morgan fingerprint density at radius 1 is 1.30 bits per heavy atom. The van der Waals surface area contributed by atoms with E-state index >= 15 is 0 Å². The van der Waals surface area contributed by atoms with Crippen LogP contribution in [0.25, 0.3) is 0 Å². The first-order valence-electron chi connectivity index (χ1n) is 6.17. The zero-order valence-corrected chi connectivity index (χ0v) is 11.4. The van der Waals surface area contributed by atoms with Crippen molar-refractivity contribution in [3.05, 3.63) is 29.3 Å². The molecular formula is C13H14ClN3O3. The number of piperidine rings is 1. The molecule has 6 nitrogen and oxygen atoms in total. The van der Waals surface area contributed by atoms with Gasteiger partial charge in [0, 0.05) is 17.1 Å². The summed E-state index contributed by atoms with van der Waals surface area (Å²) in [6.45, 7) is -0.00506.